The summed E-state index contributed by atoms with van der Waals surface area (Å²) >= 11 is 12.5. The summed E-state index contributed by atoms with van der Waals surface area (Å²) in [6, 6.07) is 12.1. The van der Waals surface area contributed by atoms with Crippen LogP contribution in [0.2, 0.25) is 10.0 Å². The molecule has 1 saturated heterocycles. The minimum atomic E-state index is -0.373. The van der Waals surface area contributed by atoms with Crippen LogP contribution < -0.4 is 5.56 Å². The zero-order chi connectivity index (χ0) is 21.8. The predicted octanol–water partition coefficient (Wildman–Crippen LogP) is 4.14. The Morgan fingerprint density at radius 2 is 1.81 bits per heavy atom. The number of nitrogens with zero attached hydrogens (tertiary/aromatic N) is 3. The zero-order valence-electron chi connectivity index (χ0n) is 16.9. The molecule has 0 unspecified atom stereocenters. The van der Waals surface area contributed by atoms with Crippen LogP contribution in [0.5, 0.6) is 5.88 Å². The first kappa shape index (κ1) is 21.8. The number of fused-ring (bicyclic) bond motifs is 1. The molecule has 0 spiro atoms. The summed E-state index contributed by atoms with van der Waals surface area (Å²) in [6.45, 7) is 5.00. The third-order valence-electron chi connectivity index (χ3n) is 5.36. The van der Waals surface area contributed by atoms with Gasteiger partial charge in [-0.1, -0.05) is 47.5 Å². The normalized spacial score (nSPS) is 15.2. The Labute approximate surface area is 190 Å². The van der Waals surface area contributed by atoms with Gasteiger partial charge in [-0.3, -0.25) is 14.7 Å². The van der Waals surface area contributed by atoms with E-state index in [4.69, 9.17) is 27.9 Å². The Hall–Kier alpha value is -2.38. The van der Waals surface area contributed by atoms with Gasteiger partial charge in [-0.05, 0) is 24.6 Å². The molecule has 1 aliphatic rings. The number of rotatable bonds is 6. The number of morpholine rings is 1. The first-order valence-electron chi connectivity index (χ1n) is 10.2. The van der Waals surface area contributed by atoms with Crippen molar-refractivity contribution in [3.63, 3.8) is 0 Å². The van der Waals surface area contributed by atoms with Crippen molar-refractivity contribution >= 4 is 40.2 Å². The Morgan fingerprint density at radius 3 is 2.58 bits per heavy atom. The van der Waals surface area contributed by atoms with Gasteiger partial charge in [-0.25, -0.2) is 4.57 Å². The number of halogens is 2. The molecule has 0 amide bonds. The van der Waals surface area contributed by atoms with Crippen molar-refractivity contribution in [3.8, 4) is 11.6 Å². The van der Waals surface area contributed by atoms with Gasteiger partial charge >= 0.3 is 0 Å². The summed E-state index contributed by atoms with van der Waals surface area (Å²) in [5, 5.41) is 12.6. The van der Waals surface area contributed by atoms with Crippen molar-refractivity contribution in [3.05, 3.63) is 68.4 Å². The van der Waals surface area contributed by atoms with E-state index in [2.05, 4.69) is 9.89 Å². The van der Waals surface area contributed by atoms with Crippen molar-refractivity contribution < 1.29 is 9.84 Å². The number of hydrogen-bond acceptors (Lipinski definition) is 5. The van der Waals surface area contributed by atoms with Crippen LogP contribution in [0.3, 0.4) is 0 Å². The van der Waals surface area contributed by atoms with Gasteiger partial charge in [0.05, 0.1) is 34.5 Å². The number of aromatic nitrogens is 1. The fourth-order valence-corrected chi connectivity index (χ4v) is 4.12. The molecule has 0 bridgehead atoms. The van der Waals surface area contributed by atoms with Crippen molar-refractivity contribution in [2.24, 2.45) is 4.99 Å². The molecule has 1 aromatic heterocycles. The number of ether oxygens (including phenoxy) is 1. The molecule has 1 aliphatic heterocycles. The van der Waals surface area contributed by atoms with Gasteiger partial charge in [-0.15, -0.1) is 0 Å². The number of hydrogen-bond donors (Lipinski definition) is 1. The van der Waals surface area contributed by atoms with E-state index < -0.39 is 0 Å². The molecule has 6 nitrogen and oxygen atoms in total. The Bertz CT molecular complexity index is 1170. The molecule has 0 aliphatic carbocycles. The highest BCUT2D eigenvalue weighted by Gasteiger charge is 2.18. The van der Waals surface area contributed by atoms with E-state index in [1.807, 2.05) is 6.07 Å². The molecule has 0 atom stereocenters. The molecule has 1 fully saturated rings. The maximum atomic E-state index is 13.2. The van der Waals surface area contributed by atoms with E-state index in [-0.39, 0.29) is 16.5 Å². The van der Waals surface area contributed by atoms with Gasteiger partial charge in [0, 0.05) is 43.2 Å². The van der Waals surface area contributed by atoms with E-state index in [0.29, 0.717) is 33.6 Å². The van der Waals surface area contributed by atoms with Crippen molar-refractivity contribution in [1.82, 2.24) is 9.47 Å². The summed E-state index contributed by atoms with van der Waals surface area (Å²) < 4.78 is 6.55. The Balaban J connectivity index is 1.68. The van der Waals surface area contributed by atoms with Gasteiger partial charge in [0.2, 0.25) is 5.88 Å². The highest BCUT2D eigenvalue weighted by Crippen LogP contribution is 2.32. The summed E-state index contributed by atoms with van der Waals surface area (Å²) in [4.78, 5) is 20.0. The lowest BCUT2D eigenvalue weighted by molar-refractivity contribution is 0.0377. The van der Waals surface area contributed by atoms with E-state index in [0.717, 1.165) is 39.3 Å². The molecular formula is C23H23Cl2N3O3. The maximum Gasteiger partial charge on any atom is 0.265 e. The second kappa shape index (κ2) is 9.83. The first-order valence-corrected chi connectivity index (χ1v) is 10.9. The average Bonchev–Trinajstić information content (AvgIpc) is 2.79. The minimum absolute atomic E-state index is 0.199. The summed E-state index contributed by atoms with van der Waals surface area (Å²) in [7, 11) is 0. The van der Waals surface area contributed by atoms with Crippen LogP contribution in [0, 0.1) is 0 Å². The number of aromatic hydroxyl groups is 1. The standard InChI is InChI=1S/C23H23Cl2N3O3/c24-19-7-3-8-20(21(19)25)28-22(29)17-6-2-1-5-16(17)18(23(28)30)15-26-9-4-10-27-11-13-31-14-12-27/h1-3,5-8,15,30H,4,9-14H2. The van der Waals surface area contributed by atoms with Crippen LogP contribution in [0.4, 0.5) is 0 Å². The molecule has 0 saturated carbocycles. The minimum Gasteiger partial charge on any atom is -0.494 e. The third-order valence-corrected chi connectivity index (χ3v) is 6.17. The fourth-order valence-electron chi connectivity index (χ4n) is 3.74. The predicted molar refractivity (Wildman–Crippen MR) is 126 cm³/mol. The van der Waals surface area contributed by atoms with E-state index in [1.54, 1.807) is 42.6 Å². The highest BCUT2D eigenvalue weighted by molar-refractivity contribution is 6.43. The molecule has 162 valence electrons. The van der Waals surface area contributed by atoms with E-state index in [9.17, 15) is 9.90 Å². The van der Waals surface area contributed by atoms with Gasteiger partial charge in [-0.2, -0.15) is 0 Å². The van der Waals surface area contributed by atoms with Crippen LogP contribution in [-0.4, -0.2) is 60.2 Å². The summed E-state index contributed by atoms with van der Waals surface area (Å²) in [5.41, 5.74) is 0.420. The smallest absolute Gasteiger partial charge is 0.265 e. The molecule has 2 aromatic carbocycles. The quantitative estimate of drug-likeness (QED) is 0.444. The number of benzene rings is 2. The lowest BCUT2D eigenvalue weighted by Gasteiger charge is -2.26. The molecule has 0 radical (unpaired) electrons. The fraction of sp³-hybridized carbons (Fsp3) is 0.304. The molecular weight excluding hydrogens is 437 g/mol. The Morgan fingerprint density at radius 1 is 1.06 bits per heavy atom. The van der Waals surface area contributed by atoms with Crippen molar-refractivity contribution in [2.45, 2.75) is 6.42 Å². The van der Waals surface area contributed by atoms with Crippen LogP contribution in [0.1, 0.15) is 12.0 Å². The lowest BCUT2D eigenvalue weighted by atomic mass is 10.1. The second-order valence-electron chi connectivity index (χ2n) is 7.34. The van der Waals surface area contributed by atoms with E-state index in [1.165, 1.54) is 4.57 Å². The maximum absolute atomic E-state index is 13.2. The lowest BCUT2D eigenvalue weighted by Crippen LogP contribution is -2.37. The monoisotopic (exact) mass is 459 g/mol. The average molecular weight is 460 g/mol. The molecule has 8 heteroatoms. The van der Waals surface area contributed by atoms with Crippen molar-refractivity contribution in [1.29, 1.82) is 0 Å². The first-order chi connectivity index (χ1) is 15.1. The van der Waals surface area contributed by atoms with Crippen LogP contribution >= 0.6 is 23.2 Å². The number of pyridine rings is 1. The zero-order valence-corrected chi connectivity index (χ0v) is 18.4. The third kappa shape index (κ3) is 4.62. The Kier molecular flexibility index (Phi) is 6.92. The van der Waals surface area contributed by atoms with E-state index >= 15 is 0 Å². The van der Waals surface area contributed by atoms with Crippen LogP contribution in [0.25, 0.3) is 16.5 Å². The second-order valence-corrected chi connectivity index (χ2v) is 8.12. The van der Waals surface area contributed by atoms with Gasteiger partial charge < -0.3 is 9.84 Å². The highest BCUT2D eigenvalue weighted by atomic mass is 35.5. The van der Waals surface area contributed by atoms with Crippen LogP contribution in [0.15, 0.2) is 52.3 Å². The summed E-state index contributed by atoms with van der Waals surface area (Å²) in [6.07, 6.45) is 2.53. The topological polar surface area (TPSA) is 67.1 Å². The number of aliphatic imine (C=N–C) groups is 1. The molecule has 2 heterocycles. The van der Waals surface area contributed by atoms with Gasteiger partial charge in [0.1, 0.15) is 0 Å². The largest absolute Gasteiger partial charge is 0.494 e. The summed E-state index contributed by atoms with van der Waals surface area (Å²) in [5.74, 6) is -0.218. The molecule has 1 N–H and O–H groups in total. The molecule has 31 heavy (non-hydrogen) atoms. The molecule has 4 rings (SSSR count). The van der Waals surface area contributed by atoms with Crippen LogP contribution in [-0.2, 0) is 4.74 Å². The molecule has 3 aromatic rings. The van der Waals surface area contributed by atoms with Crippen molar-refractivity contribution in [2.75, 3.05) is 39.4 Å². The van der Waals surface area contributed by atoms with Gasteiger partial charge in [0.15, 0.2) is 0 Å². The van der Waals surface area contributed by atoms with Gasteiger partial charge in [0.25, 0.3) is 5.56 Å². The SMILES string of the molecule is O=c1c2ccccc2c(C=NCCCN2CCOCC2)c(O)n1-c1cccc(Cl)c1Cl.